The van der Waals surface area contributed by atoms with Crippen molar-refractivity contribution in [1.29, 1.82) is 0 Å². The van der Waals surface area contributed by atoms with Crippen molar-refractivity contribution >= 4 is 0 Å². The molecule has 3 heteroatoms. The predicted octanol–water partition coefficient (Wildman–Crippen LogP) is 7.77. The second-order valence-corrected chi connectivity index (χ2v) is 9.37. The van der Waals surface area contributed by atoms with E-state index >= 15 is 0 Å². The molecule has 0 aromatic rings. The van der Waals surface area contributed by atoms with Gasteiger partial charge in [0.05, 0.1) is 12.7 Å². The molecule has 1 aliphatic rings. The molecule has 3 atom stereocenters. The minimum Gasteiger partial charge on any atom is -0.345 e. The van der Waals surface area contributed by atoms with Crippen LogP contribution in [0.25, 0.3) is 0 Å². The standard InChI is InChI=1S/C27H53N2O/c1-4-6-7-8-9-10-11-12-13-14-15-16-17-18-19-20-21-22-23-27-28-24-25-29(27,5-2)26(3)30/h15-16,24-28,30H,4-14,17-23H2,1-3H3/q+1/b16-15+. The van der Waals surface area contributed by atoms with Crippen molar-refractivity contribution in [3.63, 3.8) is 0 Å². The van der Waals surface area contributed by atoms with Gasteiger partial charge in [0.15, 0.2) is 12.4 Å². The summed E-state index contributed by atoms with van der Waals surface area (Å²) >= 11 is 0. The highest BCUT2D eigenvalue weighted by molar-refractivity contribution is 4.84. The molecule has 176 valence electrons. The molecular weight excluding hydrogens is 368 g/mol. The van der Waals surface area contributed by atoms with Gasteiger partial charge < -0.3 is 10.4 Å². The van der Waals surface area contributed by atoms with Crippen molar-refractivity contribution in [3.05, 3.63) is 24.6 Å². The third-order valence-corrected chi connectivity index (χ3v) is 6.95. The van der Waals surface area contributed by atoms with E-state index in [9.17, 15) is 5.11 Å². The van der Waals surface area contributed by atoms with E-state index in [1.807, 2.05) is 13.1 Å². The molecule has 0 aromatic heterocycles. The topological polar surface area (TPSA) is 32.3 Å². The van der Waals surface area contributed by atoms with E-state index in [0.29, 0.717) is 10.6 Å². The fourth-order valence-electron chi connectivity index (χ4n) is 4.77. The van der Waals surface area contributed by atoms with E-state index in [1.54, 1.807) is 0 Å². The fourth-order valence-corrected chi connectivity index (χ4v) is 4.77. The van der Waals surface area contributed by atoms with E-state index in [1.165, 1.54) is 103 Å². The zero-order chi connectivity index (χ0) is 21.9. The number of hydrogen-bond acceptors (Lipinski definition) is 2. The first-order valence-electron chi connectivity index (χ1n) is 13.3. The van der Waals surface area contributed by atoms with Crippen LogP contribution in [0.5, 0.6) is 0 Å². The molecule has 3 nitrogen and oxygen atoms in total. The van der Waals surface area contributed by atoms with Crippen molar-refractivity contribution in [3.8, 4) is 0 Å². The van der Waals surface area contributed by atoms with Gasteiger partial charge in [0.25, 0.3) is 0 Å². The maximum absolute atomic E-state index is 10.2. The lowest BCUT2D eigenvalue weighted by Gasteiger charge is -2.39. The molecule has 0 saturated heterocycles. The second kappa shape index (κ2) is 17.8. The molecule has 30 heavy (non-hydrogen) atoms. The molecule has 0 radical (unpaired) electrons. The summed E-state index contributed by atoms with van der Waals surface area (Å²) in [5.41, 5.74) is 0. The second-order valence-electron chi connectivity index (χ2n) is 9.37. The van der Waals surface area contributed by atoms with E-state index in [0.717, 1.165) is 13.0 Å². The smallest absolute Gasteiger partial charge is 0.193 e. The minimum atomic E-state index is -0.339. The lowest BCUT2D eigenvalue weighted by molar-refractivity contribution is -0.942. The van der Waals surface area contributed by atoms with Crippen LogP contribution in [0, 0.1) is 0 Å². The largest absolute Gasteiger partial charge is 0.345 e. The number of rotatable bonds is 20. The molecule has 0 aliphatic carbocycles. The lowest BCUT2D eigenvalue weighted by Crippen LogP contribution is -2.57. The third kappa shape index (κ3) is 11.0. The molecule has 0 aromatic carbocycles. The summed E-state index contributed by atoms with van der Waals surface area (Å²) < 4.78 is 0.670. The van der Waals surface area contributed by atoms with Crippen molar-refractivity contribution in [2.24, 2.45) is 0 Å². The number of hydrogen-bond donors (Lipinski definition) is 2. The van der Waals surface area contributed by atoms with E-state index < -0.39 is 0 Å². The molecule has 0 amide bonds. The maximum atomic E-state index is 10.2. The average Bonchev–Trinajstić information content (AvgIpc) is 3.17. The molecule has 1 rings (SSSR count). The molecule has 2 N–H and O–H groups in total. The van der Waals surface area contributed by atoms with Gasteiger partial charge in [-0.3, -0.25) is 4.48 Å². The van der Waals surface area contributed by atoms with Crippen molar-refractivity contribution in [2.75, 3.05) is 6.54 Å². The Bertz CT molecular complexity index is 446. The van der Waals surface area contributed by atoms with Crippen LogP contribution in [-0.2, 0) is 0 Å². The Hall–Kier alpha value is -0.800. The number of aliphatic hydroxyl groups excluding tert-OH is 1. The number of unbranched alkanes of at least 4 members (excludes halogenated alkanes) is 14. The van der Waals surface area contributed by atoms with Gasteiger partial charge in [-0.25, -0.2) is 0 Å². The van der Waals surface area contributed by atoms with Gasteiger partial charge >= 0.3 is 0 Å². The molecule has 0 bridgehead atoms. The van der Waals surface area contributed by atoms with Crippen molar-refractivity contribution in [1.82, 2.24) is 5.32 Å². The van der Waals surface area contributed by atoms with Crippen LogP contribution in [0.15, 0.2) is 24.6 Å². The van der Waals surface area contributed by atoms with Gasteiger partial charge in [0.2, 0.25) is 0 Å². The average molecular weight is 422 g/mol. The SMILES string of the molecule is CCCCCCCCCCC/C=C/CCCCCCCC1NC=C[N+]1(CC)C(C)O. The Kier molecular flexibility index (Phi) is 16.2. The van der Waals surface area contributed by atoms with Crippen LogP contribution in [0.4, 0.5) is 0 Å². The lowest BCUT2D eigenvalue weighted by atomic mass is 10.1. The Morgan fingerprint density at radius 1 is 0.800 bits per heavy atom. The number of nitrogens with one attached hydrogen (secondary N) is 1. The molecule has 0 spiro atoms. The van der Waals surface area contributed by atoms with Gasteiger partial charge in [-0.1, -0.05) is 89.7 Å². The van der Waals surface area contributed by atoms with E-state index in [2.05, 4.69) is 37.5 Å². The highest BCUT2D eigenvalue weighted by Crippen LogP contribution is 2.25. The van der Waals surface area contributed by atoms with Crippen LogP contribution in [0.1, 0.15) is 130 Å². The zero-order valence-corrected chi connectivity index (χ0v) is 20.6. The molecule has 3 unspecified atom stereocenters. The van der Waals surface area contributed by atoms with Crippen LogP contribution in [-0.4, -0.2) is 28.5 Å². The first kappa shape index (κ1) is 27.2. The summed E-state index contributed by atoms with van der Waals surface area (Å²) in [6, 6.07) is 0. The summed E-state index contributed by atoms with van der Waals surface area (Å²) in [5.74, 6) is 0. The van der Waals surface area contributed by atoms with Gasteiger partial charge in [-0.2, -0.15) is 0 Å². The fraction of sp³-hybridized carbons (Fsp3) is 0.852. The van der Waals surface area contributed by atoms with Gasteiger partial charge in [-0.05, 0) is 39.0 Å². The van der Waals surface area contributed by atoms with Gasteiger partial charge in [0, 0.05) is 13.3 Å². The molecule has 1 heterocycles. The van der Waals surface area contributed by atoms with Gasteiger partial charge in [-0.15, -0.1) is 0 Å². The van der Waals surface area contributed by atoms with Crippen LogP contribution < -0.4 is 5.32 Å². The van der Waals surface area contributed by atoms with Crippen LogP contribution in [0.2, 0.25) is 0 Å². The minimum absolute atomic E-state index is 0.339. The highest BCUT2D eigenvalue weighted by Gasteiger charge is 2.40. The zero-order valence-electron chi connectivity index (χ0n) is 20.6. The predicted molar refractivity (Wildman–Crippen MR) is 132 cm³/mol. The van der Waals surface area contributed by atoms with Gasteiger partial charge in [0.1, 0.15) is 6.20 Å². The monoisotopic (exact) mass is 421 g/mol. The number of nitrogens with zero attached hydrogens (tertiary/aromatic N) is 1. The summed E-state index contributed by atoms with van der Waals surface area (Å²) in [7, 11) is 0. The summed E-state index contributed by atoms with van der Waals surface area (Å²) in [6.07, 6.45) is 32.0. The Balaban J connectivity index is 1.87. The quantitative estimate of drug-likeness (QED) is 0.119. The van der Waals surface area contributed by atoms with Crippen LogP contribution in [0.3, 0.4) is 0 Å². The Labute approximate surface area is 188 Å². The van der Waals surface area contributed by atoms with E-state index in [-0.39, 0.29) is 6.23 Å². The van der Waals surface area contributed by atoms with Crippen LogP contribution >= 0.6 is 0 Å². The number of quaternary nitrogens is 1. The third-order valence-electron chi connectivity index (χ3n) is 6.95. The Morgan fingerprint density at radius 2 is 1.30 bits per heavy atom. The Morgan fingerprint density at radius 3 is 1.80 bits per heavy atom. The molecular formula is C27H53N2O+. The number of aliphatic hydroxyl groups is 1. The van der Waals surface area contributed by atoms with Crippen molar-refractivity contribution in [2.45, 2.75) is 142 Å². The molecule has 0 saturated carbocycles. The molecule has 1 aliphatic heterocycles. The maximum Gasteiger partial charge on any atom is 0.193 e. The summed E-state index contributed by atoms with van der Waals surface area (Å²) in [5, 5.41) is 13.7. The highest BCUT2D eigenvalue weighted by atomic mass is 16.3. The molecule has 0 fully saturated rings. The first-order chi connectivity index (χ1) is 14.7. The van der Waals surface area contributed by atoms with E-state index in [4.69, 9.17) is 0 Å². The van der Waals surface area contributed by atoms with Crippen molar-refractivity contribution < 1.29 is 9.59 Å². The summed E-state index contributed by atoms with van der Waals surface area (Å²) in [4.78, 5) is 0. The number of allylic oxidation sites excluding steroid dienone is 2. The summed E-state index contributed by atoms with van der Waals surface area (Å²) in [6.45, 7) is 7.31. The first-order valence-corrected chi connectivity index (χ1v) is 13.3. The normalized spacial score (nSPS) is 22.1.